The molecule has 1 aromatic carbocycles. The third kappa shape index (κ3) is 2.74. The van der Waals surface area contributed by atoms with Crippen molar-refractivity contribution >= 4 is 0 Å². The van der Waals surface area contributed by atoms with E-state index in [9.17, 15) is 5.11 Å². The average Bonchev–Trinajstić information content (AvgIpc) is 2.19. The summed E-state index contributed by atoms with van der Waals surface area (Å²) >= 11 is 0. The van der Waals surface area contributed by atoms with Crippen LogP contribution in [0.3, 0.4) is 0 Å². The molecule has 0 spiro atoms. The summed E-state index contributed by atoms with van der Waals surface area (Å²) in [5, 5.41) is 9.82. The first kappa shape index (κ1) is 10.5. The molecule has 2 rings (SSSR count). The van der Waals surface area contributed by atoms with E-state index in [4.69, 9.17) is 0 Å². The van der Waals surface area contributed by atoms with Crippen molar-refractivity contribution in [3.05, 3.63) is 29.8 Å². The van der Waals surface area contributed by atoms with Gasteiger partial charge in [0.15, 0.2) is 0 Å². The number of aromatic hydroxyl groups is 1. The first-order valence-corrected chi connectivity index (χ1v) is 6.16. The molecule has 1 aliphatic rings. The Kier molecular flexibility index (Phi) is 3.65. The third-order valence-electron chi connectivity index (χ3n) is 3.48. The van der Waals surface area contributed by atoms with Gasteiger partial charge in [-0.25, -0.2) is 0 Å². The highest BCUT2D eigenvalue weighted by Gasteiger charge is 2.15. The molecular formula is C14H20O. The summed E-state index contributed by atoms with van der Waals surface area (Å²) in [4.78, 5) is 0. The molecule has 0 saturated heterocycles. The minimum atomic E-state index is 0.489. The van der Waals surface area contributed by atoms with Gasteiger partial charge in [0, 0.05) is 0 Å². The number of hydrogen-bond acceptors (Lipinski definition) is 1. The van der Waals surface area contributed by atoms with Crippen molar-refractivity contribution in [2.45, 2.75) is 50.9 Å². The van der Waals surface area contributed by atoms with Crippen LogP contribution in [0.2, 0.25) is 0 Å². The number of hydrogen-bond donors (Lipinski definition) is 1. The molecule has 0 aliphatic heterocycles. The average molecular weight is 204 g/mol. The second kappa shape index (κ2) is 5.20. The minimum Gasteiger partial charge on any atom is -0.508 e. The molecule has 15 heavy (non-hydrogen) atoms. The zero-order valence-corrected chi connectivity index (χ0v) is 9.28. The minimum absolute atomic E-state index is 0.489. The Morgan fingerprint density at radius 2 is 1.47 bits per heavy atom. The number of benzene rings is 1. The van der Waals surface area contributed by atoms with Crippen LogP contribution in [-0.4, -0.2) is 5.11 Å². The molecule has 1 aromatic rings. The van der Waals surface area contributed by atoms with Crippen molar-refractivity contribution in [3.8, 4) is 5.75 Å². The lowest BCUT2D eigenvalue weighted by Crippen LogP contribution is -2.02. The number of para-hydroxylation sites is 1. The maximum absolute atomic E-state index is 9.82. The van der Waals surface area contributed by atoms with Crippen LogP contribution in [0.15, 0.2) is 24.3 Å². The zero-order valence-electron chi connectivity index (χ0n) is 9.28. The molecule has 1 fully saturated rings. The summed E-state index contributed by atoms with van der Waals surface area (Å²) in [5.74, 6) is 1.08. The van der Waals surface area contributed by atoms with Gasteiger partial charge in [0.25, 0.3) is 0 Å². The highest BCUT2D eigenvalue weighted by atomic mass is 16.3. The van der Waals surface area contributed by atoms with Crippen LogP contribution in [0.25, 0.3) is 0 Å². The fourth-order valence-electron chi connectivity index (χ4n) is 2.60. The SMILES string of the molecule is Oc1ccccc1C1CCCCCCC1. The van der Waals surface area contributed by atoms with E-state index in [1.54, 1.807) is 0 Å². The zero-order chi connectivity index (χ0) is 10.5. The van der Waals surface area contributed by atoms with Crippen LogP contribution >= 0.6 is 0 Å². The number of phenolic OH excluding ortho intramolecular Hbond substituents is 1. The largest absolute Gasteiger partial charge is 0.508 e. The van der Waals surface area contributed by atoms with Gasteiger partial charge in [0.05, 0.1) is 0 Å². The van der Waals surface area contributed by atoms with Crippen LogP contribution in [0.5, 0.6) is 5.75 Å². The quantitative estimate of drug-likeness (QED) is 0.726. The van der Waals surface area contributed by atoms with Crippen LogP contribution < -0.4 is 0 Å². The van der Waals surface area contributed by atoms with Crippen LogP contribution in [0.1, 0.15) is 56.4 Å². The van der Waals surface area contributed by atoms with Gasteiger partial charge in [0.1, 0.15) is 5.75 Å². The van der Waals surface area contributed by atoms with Crippen LogP contribution in [0.4, 0.5) is 0 Å². The lowest BCUT2D eigenvalue weighted by atomic mass is 9.85. The van der Waals surface area contributed by atoms with Crippen molar-refractivity contribution in [2.24, 2.45) is 0 Å². The van der Waals surface area contributed by atoms with Gasteiger partial charge >= 0.3 is 0 Å². The van der Waals surface area contributed by atoms with Crippen molar-refractivity contribution in [1.29, 1.82) is 0 Å². The molecule has 0 bridgehead atoms. The smallest absolute Gasteiger partial charge is 0.119 e. The van der Waals surface area contributed by atoms with Gasteiger partial charge < -0.3 is 5.11 Å². The molecule has 0 radical (unpaired) electrons. The van der Waals surface area contributed by atoms with Gasteiger partial charge in [-0.05, 0) is 30.4 Å². The molecule has 1 saturated carbocycles. The second-order valence-electron chi connectivity index (χ2n) is 4.60. The number of rotatable bonds is 1. The van der Waals surface area contributed by atoms with Crippen LogP contribution in [-0.2, 0) is 0 Å². The van der Waals surface area contributed by atoms with Crippen molar-refractivity contribution in [2.75, 3.05) is 0 Å². The van der Waals surface area contributed by atoms with Crippen LogP contribution in [0, 0.1) is 0 Å². The monoisotopic (exact) mass is 204 g/mol. The highest BCUT2D eigenvalue weighted by molar-refractivity contribution is 5.34. The molecule has 1 heteroatoms. The lowest BCUT2D eigenvalue weighted by Gasteiger charge is -2.20. The summed E-state index contributed by atoms with van der Waals surface area (Å²) in [7, 11) is 0. The van der Waals surface area contributed by atoms with E-state index in [0.717, 1.165) is 0 Å². The van der Waals surface area contributed by atoms with Gasteiger partial charge in [-0.2, -0.15) is 0 Å². The van der Waals surface area contributed by atoms with Crippen molar-refractivity contribution in [1.82, 2.24) is 0 Å². The molecular weight excluding hydrogens is 184 g/mol. The standard InChI is InChI=1S/C14H20O/c15-14-11-7-6-10-13(14)12-8-4-2-1-3-5-9-12/h6-7,10-12,15H,1-5,8-9H2. The first-order chi connectivity index (χ1) is 7.38. The van der Waals surface area contributed by atoms with Gasteiger partial charge in [-0.3, -0.25) is 0 Å². The molecule has 0 heterocycles. The highest BCUT2D eigenvalue weighted by Crippen LogP contribution is 2.35. The molecule has 1 nitrogen and oxygen atoms in total. The lowest BCUT2D eigenvalue weighted by molar-refractivity contribution is 0.424. The summed E-state index contributed by atoms with van der Waals surface area (Å²) < 4.78 is 0. The van der Waals surface area contributed by atoms with Crippen molar-refractivity contribution < 1.29 is 5.11 Å². The predicted octanol–water partition coefficient (Wildman–Crippen LogP) is 4.22. The Balaban J connectivity index is 2.10. The van der Waals surface area contributed by atoms with Gasteiger partial charge in [-0.15, -0.1) is 0 Å². The Morgan fingerprint density at radius 1 is 0.867 bits per heavy atom. The van der Waals surface area contributed by atoms with E-state index in [2.05, 4.69) is 6.07 Å². The summed E-state index contributed by atoms with van der Waals surface area (Å²) in [6, 6.07) is 7.84. The molecule has 1 N–H and O–H groups in total. The maximum atomic E-state index is 9.82. The fraction of sp³-hybridized carbons (Fsp3) is 0.571. The molecule has 0 unspecified atom stereocenters. The van der Waals surface area contributed by atoms with Gasteiger partial charge in [0.2, 0.25) is 0 Å². The molecule has 0 aromatic heterocycles. The van der Waals surface area contributed by atoms with E-state index < -0.39 is 0 Å². The maximum Gasteiger partial charge on any atom is 0.119 e. The molecule has 82 valence electrons. The molecule has 1 aliphatic carbocycles. The Bertz CT molecular complexity index is 298. The van der Waals surface area contributed by atoms with Crippen molar-refractivity contribution in [3.63, 3.8) is 0 Å². The van der Waals surface area contributed by atoms with E-state index in [1.165, 1.54) is 50.5 Å². The van der Waals surface area contributed by atoms with E-state index >= 15 is 0 Å². The van der Waals surface area contributed by atoms with Gasteiger partial charge in [-0.1, -0.05) is 50.3 Å². The van der Waals surface area contributed by atoms with E-state index in [1.807, 2.05) is 18.2 Å². The Hall–Kier alpha value is -0.980. The third-order valence-corrected chi connectivity index (χ3v) is 3.48. The summed E-state index contributed by atoms with van der Waals surface area (Å²) in [6.45, 7) is 0. The predicted molar refractivity (Wildman–Crippen MR) is 63.2 cm³/mol. The van der Waals surface area contributed by atoms with E-state index in [-0.39, 0.29) is 0 Å². The summed E-state index contributed by atoms with van der Waals surface area (Å²) in [5.41, 5.74) is 1.17. The Morgan fingerprint density at radius 3 is 2.13 bits per heavy atom. The number of phenols is 1. The summed E-state index contributed by atoms with van der Waals surface area (Å²) in [6.07, 6.45) is 9.26. The van der Waals surface area contributed by atoms with E-state index in [0.29, 0.717) is 11.7 Å². The molecule has 0 amide bonds. The first-order valence-electron chi connectivity index (χ1n) is 6.16. The topological polar surface area (TPSA) is 20.2 Å². The molecule has 0 atom stereocenters. The Labute approximate surface area is 92.1 Å². The second-order valence-corrected chi connectivity index (χ2v) is 4.60. The normalized spacial score (nSPS) is 19.5. The fourth-order valence-corrected chi connectivity index (χ4v) is 2.60.